The van der Waals surface area contributed by atoms with Crippen molar-refractivity contribution in [3.8, 4) is 11.8 Å². The van der Waals surface area contributed by atoms with Gasteiger partial charge in [0.2, 0.25) is 0 Å². The summed E-state index contributed by atoms with van der Waals surface area (Å²) >= 11 is 0. The lowest BCUT2D eigenvalue weighted by molar-refractivity contribution is -0.105. The van der Waals surface area contributed by atoms with Crippen molar-refractivity contribution in [2.24, 2.45) is 0 Å². The van der Waals surface area contributed by atoms with Gasteiger partial charge in [-0.1, -0.05) is 36.1 Å². The summed E-state index contributed by atoms with van der Waals surface area (Å²) in [4.78, 5) is 15.6. The van der Waals surface area contributed by atoms with Gasteiger partial charge in [-0.15, -0.1) is 0 Å². The standard InChI is InChI=1S/C18H13NO/c20-13-15-9-11-18-17(7-4-12-19-18)16(15)10-8-14-5-2-1-3-6-14/h1-7,12-13H,9,11H2. The fraction of sp³-hybridized carbons (Fsp3) is 0.111. The summed E-state index contributed by atoms with van der Waals surface area (Å²) in [5.74, 6) is 6.28. The van der Waals surface area contributed by atoms with Crippen LogP contribution in [0.1, 0.15) is 23.2 Å². The van der Waals surface area contributed by atoms with E-state index in [4.69, 9.17) is 0 Å². The SMILES string of the molecule is O=CC1=C(C#Cc2ccccc2)c2cccnc2CC1. The first-order valence-electron chi connectivity index (χ1n) is 6.58. The van der Waals surface area contributed by atoms with Crippen molar-refractivity contribution in [3.63, 3.8) is 0 Å². The number of rotatable bonds is 1. The van der Waals surface area contributed by atoms with E-state index in [1.54, 1.807) is 6.20 Å². The molecule has 3 rings (SSSR count). The van der Waals surface area contributed by atoms with Crippen LogP contribution in [0.3, 0.4) is 0 Å². The molecule has 0 unspecified atom stereocenters. The van der Waals surface area contributed by atoms with Crippen LogP contribution < -0.4 is 0 Å². The number of benzene rings is 1. The zero-order chi connectivity index (χ0) is 13.8. The lowest BCUT2D eigenvalue weighted by Gasteiger charge is -2.15. The van der Waals surface area contributed by atoms with Gasteiger partial charge in [-0.25, -0.2) is 0 Å². The molecule has 1 aromatic heterocycles. The third kappa shape index (κ3) is 2.39. The van der Waals surface area contributed by atoms with Crippen molar-refractivity contribution in [2.45, 2.75) is 12.8 Å². The average Bonchev–Trinajstić information content (AvgIpc) is 2.53. The number of allylic oxidation sites excluding steroid dienone is 2. The van der Waals surface area contributed by atoms with Crippen LogP contribution in [0.25, 0.3) is 5.57 Å². The Kier molecular flexibility index (Phi) is 3.43. The smallest absolute Gasteiger partial charge is 0.147 e. The second kappa shape index (κ2) is 5.54. The van der Waals surface area contributed by atoms with Gasteiger partial charge in [-0.2, -0.15) is 0 Å². The minimum atomic E-state index is 0.715. The summed E-state index contributed by atoms with van der Waals surface area (Å²) in [7, 11) is 0. The third-order valence-electron chi connectivity index (χ3n) is 3.36. The Morgan fingerprint density at radius 3 is 2.65 bits per heavy atom. The lowest BCUT2D eigenvalue weighted by Crippen LogP contribution is -2.07. The fourth-order valence-corrected chi connectivity index (χ4v) is 2.34. The van der Waals surface area contributed by atoms with Gasteiger partial charge in [0, 0.05) is 34.2 Å². The average molecular weight is 259 g/mol. The van der Waals surface area contributed by atoms with Crippen molar-refractivity contribution in [1.29, 1.82) is 0 Å². The van der Waals surface area contributed by atoms with Crippen LogP contribution in [-0.4, -0.2) is 11.3 Å². The van der Waals surface area contributed by atoms with Crippen molar-refractivity contribution in [2.75, 3.05) is 0 Å². The summed E-state index contributed by atoms with van der Waals surface area (Å²) in [6, 6.07) is 13.7. The first kappa shape index (κ1) is 12.4. The second-order valence-corrected chi connectivity index (χ2v) is 4.63. The molecule has 0 amide bonds. The van der Waals surface area contributed by atoms with Gasteiger partial charge < -0.3 is 0 Å². The third-order valence-corrected chi connectivity index (χ3v) is 3.36. The van der Waals surface area contributed by atoms with Crippen molar-refractivity contribution >= 4 is 11.9 Å². The number of hydrogen-bond acceptors (Lipinski definition) is 2. The van der Waals surface area contributed by atoms with E-state index in [0.717, 1.165) is 40.7 Å². The monoisotopic (exact) mass is 259 g/mol. The molecular weight excluding hydrogens is 246 g/mol. The van der Waals surface area contributed by atoms with Gasteiger partial charge in [0.05, 0.1) is 0 Å². The summed E-state index contributed by atoms with van der Waals surface area (Å²) in [5.41, 5.74) is 4.55. The molecule has 1 aliphatic rings. The molecule has 2 nitrogen and oxygen atoms in total. The minimum Gasteiger partial charge on any atom is -0.298 e. The highest BCUT2D eigenvalue weighted by Gasteiger charge is 2.17. The molecule has 0 bridgehead atoms. The minimum absolute atomic E-state index is 0.715. The van der Waals surface area contributed by atoms with E-state index in [2.05, 4.69) is 16.8 Å². The van der Waals surface area contributed by atoms with E-state index >= 15 is 0 Å². The number of nitrogens with zero attached hydrogens (tertiary/aromatic N) is 1. The predicted octanol–water partition coefficient (Wildman–Crippen LogP) is 3.03. The van der Waals surface area contributed by atoms with Crippen LogP contribution >= 0.6 is 0 Å². The van der Waals surface area contributed by atoms with Gasteiger partial charge in [-0.3, -0.25) is 9.78 Å². The van der Waals surface area contributed by atoms with Crippen LogP contribution in [0.4, 0.5) is 0 Å². The number of pyridine rings is 1. The molecule has 0 fully saturated rings. The molecular formula is C18H13NO. The van der Waals surface area contributed by atoms with Gasteiger partial charge >= 0.3 is 0 Å². The fourth-order valence-electron chi connectivity index (χ4n) is 2.34. The molecule has 1 aromatic carbocycles. The molecule has 2 heteroatoms. The van der Waals surface area contributed by atoms with Crippen molar-refractivity contribution < 1.29 is 4.79 Å². The van der Waals surface area contributed by atoms with Crippen LogP contribution in [0.2, 0.25) is 0 Å². The van der Waals surface area contributed by atoms with Gasteiger partial charge in [-0.05, 0) is 31.0 Å². The van der Waals surface area contributed by atoms with Gasteiger partial charge in [0.1, 0.15) is 6.29 Å². The van der Waals surface area contributed by atoms with Crippen molar-refractivity contribution in [1.82, 2.24) is 4.98 Å². The second-order valence-electron chi connectivity index (χ2n) is 4.63. The van der Waals surface area contributed by atoms with Crippen LogP contribution in [-0.2, 0) is 11.2 Å². The molecule has 0 N–H and O–H groups in total. The number of carbonyl (C=O) groups excluding carboxylic acids is 1. The summed E-state index contributed by atoms with van der Waals surface area (Å²) in [6.45, 7) is 0. The Balaban J connectivity index is 2.08. The van der Waals surface area contributed by atoms with Crippen molar-refractivity contribution in [3.05, 3.63) is 71.1 Å². The summed E-state index contributed by atoms with van der Waals surface area (Å²) in [6.07, 6.45) is 4.23. The van der Waals surface area contributed by atoms with Crippen LogP contribution in [0, 0.1) is 11.8 Å². The molecule has 2 aromatic rings. The van der Waals surface area contributed by atoms with E-state index in [1.165, 1.54) is 0 Å². The first-order chi connectivity index (χ1) is 9.88. The maximum Gasteiger partial charge on any atom is 0.147 e. The van der Waals surface area contributed by atoms with E-state index in [1.807, 2.05) is 42.5 Å². The maximum absolute atomic E-state index is 11.2. The van der Waals surface area contributed by atoms with Gasteiger partial charge in [0.25, 0.3) is 0 Å². The molecule has 0 spiro atoms. The Labute approximate surface area is 118 Å². The Morgan fingerprint density at radius 1 is 1.00 bits per heavy atom. The molecule has 96 valence electrons. The maximum atomic E-state index is 11.2. The highest BCUT2D eigenvalue weighted by molar-refractivity contribution is 5.96. The first-order valence-corrected chi connectivity index (χ1v) is 6.58. The van der Waals surface area contributed by atoms with Crippen LogP contribution in [0.15, 0.2) is 54.2 Å². The largest absolute Gasteiger partial charge is 0.298 e. The van der Waals surface area contributed by atoms with E-state index < -0.39 is 0 Å². The number of aryl methyl sites for hydroxylation is 1. The Hall–Kier alpha value is -2.66. The van der Waals surface area contributed by atoms with Gasteiger partial charge in [0.15, 0.2) is 0 Å². The van der Waals surface area contributed by atoms with Crippen LogP contribution in [0.5, 0.6) is 0 Å². The topological polar surface area (TPSA) is 30.0 Å². The molecule has 0 saturated carbocycles. The highest BCUT2D eigenvalue weighted by Crippen LogP contribution is 2.28. The Morgan fingerprint density at radius 2 is 1.85 bits per heavy atom. The van der Waals surface area contributed by atoms with E-state index in [9.17, 15) is 4.79 Å². The Bertz CT molecular complexity index is 733. The number of carbonyl (C=O) groups is 1. The molecule has 20 heavy (non-hydrogen) atoms. The van der Waals surface area contributed by atoms with E-state index in [-0.39, 0.29) is 0 Å². The zero-order valence-electron chi connectivity index (χ0n) is 11.0. The molecule has 1 aliphatic carbocycles. The number of aldehydes is 1. The number of fused-ring (bicyclic) bond motifs is 1. The normalized spacial score (nSPS) is 13.2. The molecule has 0 atom stereocenters. The van der Waals surface area contributed by atoms with E-state index in [0.29, 0.717) is 6.42 Å². The number of hydrogen-bond donors (Lipinski definition) is 0. The highest BCUT2D eigenvalue weighted by atomic mass is 16.1. The summed E-state index contributed by atoms with van der Waals surface area (Å²) in [5, 5.41) is 0. The number of aromatic nitrogens is 1. The molecule has 0 saturated heterocycles. The quantitative estimate of drug-likeness (QED) is 0.582. The molecule has 0 aliphatic heterocycles. The summed E-state index contributed by atoms with van der Waals surface area (Å²) < 4.78 is 0. The molecule has 0 radical (unpaired) electrons. The predicted molar refractivity (Wildman–Crippen MR) is 78.9 cm³/mol. The zero-order valence-corrected chi connectivity index (χ0v) is 11.0. The molecule has 1 heterocycles. The lowest BCUT2D eigenvalue weighted by atomic mass is 9.89.